The summed E-state index contributed by atoms with van der Waals surface area (Å²) in [6, 6.07) is 12.7. The standard InChI is InChI=1S/C21H22Cl2/c1-19(2)11-21(17-13(19)7-5-9-15(17)22)12-20(3,4)14-8-6-10-16(23)18(14)21/h5-10H,11-12H2,1-4H3. The molecule has 0 nitrogen and oxygen atoms in total. The Morgan fingerprint density at radius 3 is 1.48 bits per heavy atom. The third kappa shape index (κ3) is 1.91. The highest BCUT2D eigenvalue weighted by Crippen LogP contribution is 2.65. The molecule has 2 aromatic rings. The summed E-state index contributed by atoms with van der Waals surface area (Å²) in [6.45, 7) is 9.33. The van der Waals surface area contributed by atoms with E-state index in [4.69, 9.17) is 23.2 Å². The van der Waals surface area contributed by atoms with Gasteiger partial charge in [0.25, 0.3) is 0 Å². The molecular formula is C21H22Cl2. The average Bonchev–Trinajstić information content (AvgIpc) is 2.80. The van der Waals surface area contributed by atoms with Crippen molar-refractivity contribution in [2.24, 2.45) is 0 Å². The highest BCUT2D eigenvalue weighted by molar-refractivity contribution is 6.33. The van der Waals surface area contributed by atoms with Crippen LogP contribution in [-0.4, -0.2) is 0 Å². The van der Waals surface area contributed by atoms with Crippen molar-refractivity contribution in [2.75, 3.05) is 0 Å². The lowest BCUT2D eigenvalue weighted by molar-refractivity contribution is 0.350. The van der Waals surface area contributed by atoms with Gasteiger partial charge in [0.05, 0.1) is 0 Å². The van der Waals surface area contributed by atoms with Crippen molar-refractivity contribution < 1.29 is 0 Å². The van der Waals surface area contributed by atoms with Crippen LogP contribution in [0.5, 0.6) is 0 Å². The number of hydrogen-bond donors (Lipinski definition) is 0. The molecule has 0 aliphatic heterocycles. The summed E-state index contributed by atoms with van der Waals surface area (Å²) in [6.07, 6.45) is 2.14. The Morgan fingerprint density at radius 2 is 1.09 bits per heavy atom. The molecule has 0 atom stereocenters. The molecule has 2 heteroatoms. The Balaban J connectivity index is 2.11. The topological polar surface area (TPSA) is 0 Å². The van der Waals surface area contributed by atoms with Crippen LogP contribution < -0.4 is 0 Å². The number of rotatable bonds is 0. The van der Waals surface area contributed by atoms with Crippen LogP contribution in [0.3, 0.4) is 0 Å². The second kappa shape index (κ2) is 4.55. The lowest BCUT2D eigenvalue weighted by Gasteiger charge is -2.31. The summed E-state index contributed by atoms with van der Waals surface area (Å²) >= 11 is 13.5. The van der Waals surface area contributed by atoms with Gasteiger partial charge in [-0.1, -0.05) is 75.2 Å². The lowest BCUT2D eigenvalue weighted by atomic mass is 9.72. The van der Waals surface area contributed by atoms with E-state index in [1.165, 1.54) is 22.3 Å². The molecule has 0 aromatic heterocycles. The van der Waals surface area contributed by atoms with Gasteiger partial charge in [0.15, 0.2) is 0 Å². The predicted octanol–water partition coefficient (Wildman–Crippen LogP) is 6.64. The van der Waals surface area contributed by atoms with E-state index in [1.54, 1.807) is 0 Å². The molecule has 2 aromatic carbocycles. The van der Waals surface area contributed by atoms with Gasteiger partial charge in [-0.3, -0.25) is 0 Å². The van der Waals surface area contributed by atoms with Crippen LogP contribution in [0.1, 0.15) is 62.8 Å². The smallest absolute Gasteiger partial charge is 0.0450 e. The van der Waals surface area contributed by atoms with E-state index in [0.29, 0.717) is 0 Å². The van der Waals surface area contributed by atoms with E-state index in [-0.39, 0.29) is 16.2 Å². The molecular weight excluding hydrogens is 323 g/mol. The minimum Gasteiger partial charge on any atom is -0.0840 e. The highest BCUT2D eigenvalue weighted by Gasteiger charge is 2.57. The molecule has 0 radical (unpaired) electrons. The molecule has 4 rings (SSSR count). The van der Waals surface area contributed by atoms with E-state index < -0.39 is 0 Å². The Bertz CT molecular complexity index is 745. The molecule has 0 N–H and O–H groups in total. The average molecular weight is 345 g/mol. The van der Waals surface area contributed by atoms with Gasteiger partial charge in [0, 0.05) is 15.5 Å². The second-order valence-corrected chi connectivity index (χ2v) is 9.34. The third-order valence-electron chi connectivity index (χ3n) is 5.93. The maximum Gasteiger partial charge on any atom is 0.0450 e. The fourth-order valence-corrected chi connectivity index (χ4v) is 6.10. The van der Waals surface area contributed by atoms with Crippen molar-refractivity contribution in [1.82, 2.24) is 0 Å². The van der Waals surface area contributed by atoms with Crippen LogP contribution in [0.25, 0.3) is 0 Å². The number of benzene rings is 2. The van der Waals surface area contributed by atoms with Crippen molar-refractivity contribution in [3.63, 3.8) is 0 Å². The summed E-state index contributed by atoms with van der Waals surface area (Å²) in [4.78, 5) is 0. The fourth-order valence-electron chi connectivity index (χ4n) is 5.39. The quantitative estimate of drug-likeness (QED) is 0.502. The van der Waals surface area contributed by atoms with E-state index in [0.717, 1.165) is 22.9 Å². The van der Waals surface area contributed by atoms with Crippen molar-refractivity contribution in [2.45, 2.75) is 56.8 Å². The van der Waals surface area contributed by atoms with Crippen molar-refractivity contribution in [1.29, 1.82) is 0 Å². The Labute approximate surface area is 148 Å². The van der Waals surface area contributed by atoms with Crippen LogP contribution >= 0.6 is 23.2 Å². The summed E-state index contributed by atoms with van der Waals surface area (Å²) in [5.41, 5.74) is 5.54. The van der Waals surface area contributed by atoms with Crippen molar-refractivity contribution in [3.8, 4) is 0 Å². The van der Waals surface area contributed by atoms with Crippen LogP contribution in [0.2, 0.25) is 10.0 Å². The zero-order valence-electron chi connectivity index (χ0n) is 14.1. The van der Waals surface area contributed by atoms with Gasteiger partial charge in [0.2, 0.25) is 0 Å². The number of hydrogen-bond acceptors (Lipinski definition) is 0. The molecule has 0 heterocycles. The number of halogens is 2. The first-order valence-electron chi connectivity index (χ1n) is 8.28. The van der Waals surface area contributed by atoms with Gasteiger partial charge in [-0.25, -0.2) is 0 Å². The molecule has 0 unspecified atom stereocenters. The van der Waals surface area contributed by atoms with Gasteiger partial charge < -0.3 is 0 Å². The van der Waals surface area contributed by atoms with Gasteiger partial charge in [-0.2, -0.15) is 0 Å². The Kier molecular flexibility index (Phi) is 3.08. The largest absolute Gasteiger partial charge is 0.0840 e. The molecule has 0 saturated carbocycles. The van der Waals surface area contributed by atoms with E-state index in [1.807, 2.05) is 12.1 Å². The molecule has 120 valence electrons. The molecule has 0 amide bonds. The zero-order chi connectivity index (χ0) is 16.6. The van der Waals surface area contributed by atoms with Crippen molar-refractivity contribution >= 4 is 23.2 Å². The molecule has 0 saturated heterocycles. The highest BCUT2D eigenvalue weighted by atomic mass is 35.5. The molecule has 0 bridgehead atoms. The summed E-state index contributed by atoms with van der Waals surface area (Å²) in [5.74, 6) is 0. The number of fused-ring (bicyclic) bond motifs is 4. The van der Waals surface area contributed by atoms with Gasteiger partial charge in [-0.15, -0.1) is 0 Å². The zero-order valence-corrected chi connectivity index (χ0v) is 15.6. The fraction of sp³-hybridized carbons (Fsp3) is 0.429. The van der Waals surface area contributed by atoms with Crippen LogP contribution in [0.15, 0.2) is 36.4 Å². The van der Waals surface area contributed by atoms with Crippen LogP contribution in [0.4, 0.5) is 0 Å². The lowest BCUT2D eigenvalue weighted by Crippen LogP contribution is -2.27. The third-order valence-corrected chi connectivity index (χ3v) is 6.56. The summed E-state index contributed by atoms with van der Waals surface area (Å²) in [5, 5.41) is 1.77. The molecule has 2 aliphatic rings. The summed E-state index contributed by atoms with van der Waals surface area (Å²) in [7, 11) is 0. The van der Waals surface area contributed by atoms with Crippen LogP contribution in [-0.2, 0) is 16.2 Å². The minimum atomic E-state index is -0.0612. The van der Waals surface area contributed by atoms with Gasteiger partial charge >= 0.3 is 0 Å². The van der Waals surface area contributed by atoms with Gasteiger partial charge in [0.1, 0.15) is 0 Å². The van der Waals surface area contributed by atoms with E-state index >= 15 is 0 Å². The normalized spacial score (nSPS) is 22.2. The molecule has 0 fully saturated rings. The first kappa shape index (κ1) is 15.5. The van der Waals surface area contributed by atoms with Crippen LogP contribution in [0, 0.1) is 0 Å². The van der Waals surface area contributed by atoms with E-state index in [9.17, 15) is 0 Å². The monoisotopic (exact) mass is 344 g/mol. The molecule has 1 spiro atoms. The second-order valence-electron chi connectivity index (χ2n) is 8.53. The molecule has 23 heavy (non-hydrogen) atoms. The minimum absolute atomic E-state index is 0.0612. The Hall–Kier alpha value is -0.980. The van der Waals surface area contributed by atoms with Crippen molar-refractivity contribution in [3.05, 3.63) is 68.7 Å². The maximum absolute atomic E-state index is 6.74. The SMILES string of the molecule is CC1(C)CC2(CC(C)(C)c3cccc(Cl)c32)c2c(Cl)cccc21. The Morgan fingerprint density at radius 1 is 0.696 bits per heavy atom. The molecule has 2 aliphatic carbocycles. The first-order valence-corrected chi connectivity index (χ1v) is 9.04. The predicted molar refractivity (Wildman–Crippen MR) is 99.0 cm³/mol. The van der Waals surface area contributed by atoms with E-state index in [2.05, 4.69) is 52.0 Å². The maximum atomic E-state index is 6.74. The first-order chi connectivity index (χ1) is 10.7. The van der Waals surface area contributed by atoms with Gasteiger partial charge in [-0.05, 0) is 58.1 Å². The summed E-state index contributed by atoms with van der Waals surface area (Å²) < 4.78 is 0.